The van der Waals surface area contributed by atoms with Crippen LogP contribution in [0.5, 0.6) is 0 Å². The summed E-state index contributed by atoms with van der Waals surface area (Å²) in [6, 6.07) is -0.312. The van der Waals surface area contributed by atoms with Crippen LogP contribution in [0.1, 0.15) is 25.2 Å². The first-order valence-corrected chi connectivity index (χ1v) is 7.15. The SMILES string of the molecule is Cc1nc(N)c(C)c(N2CCOCC2C(=O)NC(C)C)n1. The standard InChI is InChI=1S/C14H23N5O2/c1-8(2)16-14(20)11-7-21-6-5-19(11)13-9(3)12(15)17-10(4)18-13/h8,11H,5-7H2,1-4H3,(H,16,20)(H2,15,17,18). The summed E-state index contributed by atoms with van der Waals surface area (Å²) in [6.45, 7) is 9.05. The van der Waals surface area contributed by atoms with E-state index >= 15 is 0 Å². The van der Waals surface area contributed by atoms with E-state index in [9.17, 15) is 4.79 Å². The minimum Gasteiger partial charge on any atom is -0.383 e. The van der Waals surface area contributed by atoms with Gasteiger partial charge in [0.2, 0.25) is 5.91 Å². The Kier molecular flexibility index (Phi) is 4.62. The lowest BCUT2D eigenvalue weighted by molar-refractivity contribution is -0.125. The van der Waals surface area contributed by atoms with Crippen LogP contribution < -0.4 is 16.0 Å². The molecule has 1 fully saturated rings. The molecule has 1 aliphatic heterocycles. The zero-order valence-electron chi connectivity index (χ0n) is 13.0. The number of aryl methyl sites for hydroxylation is 1. The Balaban J connectivity index is 2.33. The van der Waals surface area contributed by atoms with Crippen molar-refractivity contribution >= 4 is 17.5 Å². The molecule has 1 aromatic heterocycles. The highest BCUT2D eigenvalue weighted by atomic mass is 16.5. The van der Waals surface area contributed by atoms with Gasteiger partial charge in [-0.1, -0.05) is 0 Å². The minimum atomic E-state index is -0.395. The fraction of sp³-hybridized carbons (Fsp3) is 0.643. The molecule has 1 aromatic rings. The van der Waals surface area contributed by atoms with E-state index in [0.29, 0.717) is 37.2 Å². The third kappa shape index (κ3) is 3.41. The van der Waals surface area contributed by atoms with Crippen LogP contribution in [-0.2, 0) is 9.53 Å². The third-order valence-electron chi connectivity index (χ3n) is 3.40. The number of nitrogens with zero attached hydrogens (tertiary/aromatic N) is 3. The fourth-order valence-electron chi connectivity index (χ4n) is 2.37. The summed E-state index contributed by atoms with van der Waals surface area (Å²) in [6.07, 6.45) is 0. The molecule has 2 heterocycles. The van der Waals surface area contributed by atoms with Crippen molar-refractivity contribution in [2.45, 2.75) is 39.8 Å². The first kappa shape index (κ1) is 15.5. The predicted octanol–water partition coefficient (Wildman–Crippen LogP) is 0.405. The molecule has 0 spiro atoms. The van der Waals surface area contributed by atoms with E-state index in [4.69, 9.17) is 10.5 Å². The van der Waals surface area contributed by atoms with E-state index in [0.717, 1.165) is 5.56 Å². The van der Waals surface area contributed by atoms with E-state index in [-0.39, 0.29) is 11.9 Å². The molecule has 1 amide bonds. The molecule has 21 heavy (non-hydrogen) atoms. The van der Waals surface area contributed by atoms with Crippen molar-refractivity contribution in [3.63, 3.8) is 0 Å². The largest absolute Gasteiger partial charge is 0.383 e. The summed E-state index contributed by atoms with van der Waals surface area (Å²) in [5.74, 6) is 1.71. The van der Waals surface area contributed by atoms with E-state index < -0.39 is 6.04 Å². The van der Waals surface area contributed by atoms with E-state index in [1.165, 1.54) is 0 Å². The Morgan fingerprint density at radius 1 is 1.43 bits per heavy atom. The van der Waals surface area contributed by atoms with Gasteiger partial charge in [0.1, 0.15) is 23.5 Å². The maximum Gasteiger partial charge on any atom is 0.245 e. The van der Waals surface area contributed by atoms with Gasteiger partial charge in [0.05, 0.1) is 13.2 Å². The second-order valence-corrected chi connectivity index (χ2v) is 5.55. The number of nitrogens with two attached hydrogens (primary N) is 1. The molecule has 1 unspecified atom stereocenters. The lowest BCUT2D eigenvalue weighted by Crippen LogP contribution is -2.55. The summed E-state index contributed by atoms with van der Waals surface area (Å²) in [7, 11) is 0. The molecule has 3 N–H and O–H groups in total. The van der Waals surface area contributed by atoms with Crippen LogP contribution in [0.15, 0.2) is 0 Å². The molecular formula is C14H23N5O2. The van der Waals surface area contributed by atoms with Crippen molar-refractivity contribution in [3.8, 4) is 0 Å². The first-order chi connectivity index (χ1) is 9.90. The molecule has 0 aromatic carbocycles. The molecule has 0 radical (unpaired) electrons. The van der Waals surface area contributed by atoms with Gasteiger partial charge in [0.25, 0.3) is 0 Å². The maximum absolute atomic E-state index is 12.4. The molecule has 7 nitrogen and oxygen atoms in total. The van der Waals surface area contributed by atoms with Gasteiger partial charge in [-0.25, -0.2) is 9.97 Å². The summed E-state index contributed by atoms with van der Waals surface area (Å²) >= 11 is 0. The number of anilines is 2. The number of morpholine rings is 1. The molecule has 1 saturated heterocycles. The smallest absolute Gasteiger partial charge is 0.245 e. The monoisotopic (exact) mass is 293 g/mol. The lowest BCUT2D eigenvalue weighted by atomic mass is 10.1. The third-order valence-corrected chi connectivity index (χ3v) is 3.40. The zero-order chi connectivity index (χ0) is 15.6. The molecule has 1 aliphatic rings. The average Bonchev–Trinajstić information content (AvgIpc) is 2.42. The summed E-state index contributed by atoms with van der Waals surface area (Å²) in [5, 5.41) is 2.93. The number of aromatic nitrogens is 2. The molecule has 0 saturated carbocycles. The van der Waals surface area contributed by atoms with Gasteiger partial charge in [0, 0.05) is 18.2 Å². The molecule has 1 atom stereocenters. The zero-order valence-corrected chi connectivity index (χ0v) is 13.0. The second kappa shape index (κ2) is 6.26. The quantitative estimate of drug-likeness (QED) is 0.838. The summed E-state index contributed by atoms with van der Waals surface area (Å²) in [4.78, 5) is 22.9. The Bertz CT molecular complexity index is 532. The van der Waals surface area contributed by atoms with Crippen molar-refractivity contribution in [2.24, 2.45) is 0 Å². The molecule has 0 bridgehead atoms. The number of ether oxygens (including phenoxy) is 1. The first-order valence-electron chi connectivity index (χ1n) is 7.15. The number of hydrogen-bond acceptors (Lipinski definition) is 6. The van der Waals surface area contributed by atoms with Gasteiger partial charge >= 0.3 is 0 Å². The summed E-state index contributed by atoms with van der Waals surface area (Å²) in [5.41, 5.74) is 6.72. The molecule has 2 rings (SSSR count). The van der Waals surface area contributed by atoms with Crippen molar-refractivity contribution in [2.75, 3.05) is 30.4 Å². The van der Waals surface area contributed by atoms with Crippen molar-refractivity contribution in [1.29, 1.82) is 0 Å². The van der Waals surface area contributed by atoms with Crippen LogP contribution in [0.25, 0.3) is 0 Å². The van der Waals surface area contributed by atoms with Crippen molar-refractivity contribution < 1.29 is 9.53 Å². The maximum atomic E-state index is 12.4. The average molecular weight is 293 g/mol. The van der Waals surface area contributed by atoms with Gasteiger partial charge in [0.15, 0.2) is 0 Å². The van der Waals surface area contributed by atoms with Gasteiger partial charge in [-0.15, -0.1) is 0 Å². The predicted molar refractivity (Wildman–Crippen MR) is 81.2 cm³/mol. The number of carbonyl (C=O) groups excluding carboxylic acids is 1. The van der Waals surface area contributed by atoms with Gasteiger partial charge in [-0.3, -0.25) is 4.79 Å². The Hall–Kier alpha value is -1.89. The number of hydrogen-bond donors (Lipinski definition) is 2. The van der Waals surface area contributed by atoms with Crippen LogP contribution in [0.2, 0.25) is 0 Å². The highest BCUT2D eigenvalue weighted by Crippen LogP contribution is 2.25. The molecule has 116 valence electrons. The van der Waals surface area contributed by atoms with Crippen LogP contribution in [0.4, 0.5) is 11.6 Å². The van der Waals surface area contributed by atoms with E-state index in [1.807, 2.05) is 25.7 Å². The minimum absolute atomic E-state index is 0.0565. The van der Waals surface area contributed by atoms with Crippen LogP contribution >= 0.6 is 0 Å². The van der Waals surface area contributed by atoms with Crippen LogP contribution in [0, 0.1) is 13.8 Å². The van der Waals surface area contributed by atoms with Crippen LogP contribution in [-0.4, -0.2) is 47.7 Å². The Morgan fingerprint density at radius 3 is 2.81 bits per heavy atom. The normalized spacial score (nSPS) is 18.9. The Labute approximate surface area is 124 Å². The van der Waals surface area contributed by atoms with E-state index in [2.05, 4.69) is 15.3 Å². The van der Waals surface area contributed by atoms with Crippen molar-refractivity contribution in [1.82, 2.24) is 15.3 Å². The highest BCUT2D eigenvalue weighted by molar-refractivity contribution is 5.86. The number of rotatable bonds is 3. The van der Waals surface area contributed by atoms with Crippen LogP contribution in [0.3, 0.4) is 0 Å². The number of nitrogens with one attached hydrogen (secondary N) is 1. The lowest BCUT2D eigenvalue weighted by Gasteiger charge is -2.36. The molecular weight excluding hydrogens is 270 g/mol. The van der Waals surface area contributed by atoms with Gasteiger partial charge in [-0.05, 0) is 27.7 Å². The fourth-order valence-corrected chi connectivity index (χ4v) is 2.37. The number of nitrogen functional groups attached to an aromatic ring is 1. The summed E-state index contributed by atoms with van der Waals surface area (Å²) < 4.78 is 5.46. The molecule has 0 aliphatic carbocycles. The number of carbonyl (C=O) groups is 1. The number of amides is 1. The van der Waals surface area contributed by atoms with Crippen molar-refractivity contribution in [3.05, 3.63) is 11.4 Å². The Morgan fingerprint density at radius 2 is 2.14 bits per heavy atom. The van der Waals surface area contributed by atoms with E-state index in [1.54, 1.807) is 6.92 Å². The van der Waals surface area contributed by atoms with Gasteiger partial charge in [-0.2, -0.15) is 0 Å². The topological polar surface area (TPSA) is 93.4 Å². The van der Waals surface area contributed by atoms with Gasteiger partial charge < -0.3 is 20.7 Å². The highest BCUT2D eigenvalue weighted by Gasteiger charge is 2.32. The second-order valence-electron chi connectivity index (χ2n) is 5.55. The molecule has 7 heteroatoms.